The van der Waals surface area contributed by atoms with Crippen molar-refractivity contribution in [3.63, 3.8) is 0 Å². The van der Waals surface area contributed by atoms with Gasteiger partial charge in [0.15, 0.2) is 6.19 Å². The van der Waals surface area contributed by atoms with Gasteiger partial charge in [-0.3, -0.25) is 0 Å². The van der Waals surface area contributed by atoms with Gasteiger partial charge in [-0.05, 0) is 60.8 Å². The minimum absolute atomic E-state index is 0.276. The Hall–Kier alpha value is -1.69. The highest BCUT2D eigenvalue weighted by Gasteiger charge is 2.55. The average Bonchev–Trinajstić information content (AvgIpc) is 2.54. The molecule has 1 aromatic rings. The molecule has 116 valence electrons. The molecule has 0 amide bonds. The number of nitrogens with zero attached hydrogens (tertiary/aromatic N) is 2. The van der Waals surface area contributed by atoms with Crippen molar-refractivity contribution >= 4 is 0 Å². The molecule has 1 saturated heterocycles. The molecule has 0 spiro atoms. The molecule has 2 fully saturated rings. The molecule has 3 nitrogen and oxygen atoms in total. The Morgan fingerprint density at radius 3 is 3.00 bits per heavy atom. The van der Waals surface area contributed by atoms with E-state index in [4.69, 9.17) is 4.74 Å². The van der Waals surface area contributed by atoms with Crippen LogP contribution in [0.25, 0.3) is 0 Å². The van der Waals surface area contributed by atoms with Gasteiger partial charge in [0.05, 0.1) is 7.11 Å². The van der Waals surface area contributed by atoms with Crippen LogP contribution in [0.1, 0.15) is 43.7 Å². The molecule has 1 heterocycles. The van der Waals surface area contributed by atoms with E-state index < -0.39 is 0 Å². The molecule has 0 radical (unpaired) electrons. The summed E-state index contributed by atoms with van der Waals surface area (Å²) in [6.45, 7) is 3.31. The fourth-order valence-corrected chi connectivity index (χ4v) is 5.54. The number of benzene rings is 1. The van der Waals surface area contributed by atoms with Crippen LogP contribution in [0.15, 0.2) is 18.2 Å². The molecule has 4 atom stereocenters. The van der Waals surface area contributed by atoms with Crippen LogP contribution in [0.4, 0.5) is 0 Å². The SMILES string of the molecule is COc1ccc2c(c1)C13CCN(C#N)C(C2)C1CCC(C)C3. The number of nitriles is 1. The Labute approximate surface area is 132 Å². The molecule has 22 heavy (non-hydrogen) atoms. The second kappa shape index (κ2) is 4.91. The molecule has 1 aliphatic heterocycles. The van der Waals surface area contributed by atoms with Gasteiger partial charge < -0.3 is 9.64 Å². The summed E-state index contributed by atoms with van der Waals surface area (Å²) in [5.41, 5.74) is 3.24. The van der Waals surface area contributed by atoms with Crippen molar-refractivity contribution in [2.24, 2.45) is 11.8 Å². The summed E-state index contributed by atoms with van der Waals surface area (Å²) < 4.78 is 5.50. The lowest BCUT2D eigenvalue weighted by molar-refractivity contribution is 0.00268. The molecule has 4 rings (SSSR count). The minimum atomic E-state index is 0.276. The predicted octanol–water partition coefficient (Wildman–Crippen LogP) is 3.48. The van der Waals surface area contributed by atoms with Crippen molar-refractivity contribution in [1.82, 2.24) is 4.90 Å². The number of fused-ring (bicyclic) bond motifs is 1. The monoisotopic (exact) mass is 296 g/mol. The molecule has 1 saturated carbocycles. The van der Waals surface area contributed by atoms with E-state index in [0.717, 1.165) is 31.1 Å². The van der Waals surface area contributed by atoms with Gasteiger partial charge in [0.2, 0.25) is 0 Å². The minimum Gasteiger partial charge on any atom is -0.497 e. The maximum Gasteiger partial charge on any atom is 0.179 e. The van der Waals surface area contributed by atoms with E-state index >= 15 is 0 Å². The van der Waals surface area contributed by atoms with Crippen LogP contribution in [0.5, 0.6) is 5.75 Å². The predicted molar refractivity (Wildman–Crippen MR) is 85.6 cm³/mol. The number of ether oxygens (including phenoxy) is 1. The van der Waals surface area contributed by atoms with Gasteiger partial charge in [0.1, 0.15) is 5.75 Å². The normalized spacial score (nSPS) is 36.0. The van der Waals surface area contributed by atoms with Gasteiger partial charge in [-0.15, -0.1) is 0 Å². The third-order valence-electron chi connectivity index (χ3n) is 6.47. The third-order valence-corrected chi connectivity index (χ3v) is 6.47. The maximum absolute atomic E-state index is 9.53. The first-order valence-electron chi connectivity index (χ1n) is 8.52. The van der Waals surface area contributed by atoms with Crippen molar-refractivity contribution in [3.05, 3.63) is 29.3 Å². The van der Waals surface area contributed by atoms with Crippen molar-refractivity contribution < 1.29 is 4.74 Å². The Kier molecular flexibility index (Phi) is 3.11. The van der Waals surface area contributed by atoms with Crippen LogP contribution in [0.2, 0.25) is 0 Å². The smallest absolute Gasteiger partial charge is 0.179 e. The number of rotatable bonds is 1. The van der Waals surface area contributed by atoms with Crippen LogP contribution in [0.3, 0.4) is 0 Å². The molecule has 0 N–H and O–H groups in total. The van der Waals surface area contributed by atoms with E-state index in [9.17, 15) is 5.26 Å². The van der Waals surface area contributed by atoms with Crippen molar-refractivity contribution in [2.45, 2.75) is 50.5 Å². The molecule has 3 heteroatoms. The first-order chi connectivity index (χ1) is 10.7. The highest BCUT2D eigenvalue weighted by Crippen LogP contribution is 2.57. The summed E-state index contributed by atoms with van der Waals surface area (Å²) in [5.74, 6) is 2.39. The van der Waals surface area contributed by atoms with Crippen LogP contribution in [0, 0.1) is 23.3 Å². The van der Waals surface area contributed by atoms with E-state index in [1.807, 2.05) is 0 Å². The zero-order valence-electron chi connectivity index (χ0n) is 13.5. The molecule has 2 bridgehead atoms. The van der Waals surface area contributed by atoms with E-state index in [0.29, 0.717) is 12.0 Å². The Balaban J connectivity index is 1.87. The lowest BCUT2D eigenvalue weighted by Gasteiger charge is -2.59. The standard InChI is InChI=1S/C19H24N2O/c1-13-3-6-16-18-9-14-4-5-15(22-2)10-17(14)19(16,11-13)7-8-21(18)12-20/h4-5,10,13,16,18H,3,6-9,11H2,1-2H3. The van der Waals surface area contributed by atoms with Crippen molar-refractivity contribution in [1.29, 1.82) is 5.26 Å². The quantitative estimate of drug-likeness (QED) is 0.744. The molecule has 1 aromatic carbocycles. The highest BCUT2D eigenvalue weighted by atomic mass is 16.5. The number of piperidine rings is 1. The molecule has 2 aliphatic carbocycles. The fourth-order valence-electron chi connectivity index (χ4n) is 5.54. The van der Waals surface area contributed by atoms with Crippen molar-refractivity contribution in [3.8, 4) is 11.9 Å². The lowest BCUT2D eigenvalue weighted by atomic mass is 9.51. The second-order valence-corrected chi connectivity index (χ2v) is 7.49. The van der Waals surface area contributed by atoms with E-state index in [1.54, 1.807) is 7.11 Å². The summed E-state index contributed by atoms with van der Waals surface area (Å²) in [5, 5.41) is 9.53. The first-order valence-corrected chi connectivity index (χ1v) is 8.52. The molecular weight excluding hydrogens is 272 g/mol. The van der Waals surface area contributed by atoms with Crippen molar-refractivity contribution in [2.75, 3.05) is 13.7 Å². The van der Waals surface area contributed by atoms with Gasteiger partial charge in [0, 0.05) is 18.0 Å². The van der Waals surface area contributed by atoms with Gasteiger partial charge in [-0.25, -0.2) is 0 Å². The largest absolute Gasteiger partial charge is 0.497 e. The summed E-state index contributed by atoms with van der Waals surface area (Å²) in [6.07, 6.45) is 8.44. The summed E-state index contributed by atoms with van der Waals surface area (Å²) in [6, 6.07) is 7.01. The summed E-state index contributed by atoms with van der Waals surface area (Å²) >= 11 is 0. The Bertz CT molecular complexity index is 635. The molecule has 0 aromatic heterocycles. The van der Waals surface area contributed by atoms with E-state index in [1.165, 1.54) is 30.4 Å². The molecule has 4 unspecified atom stereocenters. The third kappa shape index (κ3) is 1.79. The Morgan fingerprint density at radius 2 is 2.23 bits per heavy atom. The van der Waals surface area contributed by atoms with E-state index in [2.05, 4.69) is 36.2 Å². The average molecular weight is 296 g/mol. The summed E-state index contributed by atoms with van der Waals surface area (Å²) in [4.78, 5) is 2.06. The maximum atomic E-state index is 9.53. The van der Waals surface area contributed by atoms with Gasteiger partial charge in [-0.2, -0.15) is 5.26 Å². The van der Waals surface area contributed by atoms with Crippen LogP contribution in [-0.2, 0) is 11.8 Å². The topological polar surface area (TPSA) is 36.3 Å². The molecular formula is C19H24N2O. The zero-order chi connectivity index (χ0) is 15.3. The van der Waals surface area contributed by atoms with Gasteiger partial charge in [-0.1, -0.05) is 19.4 Å². The number of methoxy groups -OCH3 is 1. The van der Waals surface area contributed by atoms with Crippen LogP contribution >= 0.6 is 0 Å². The first kappa shape index (κ1) is 13.9. The number of hydrogen-bond donors (Lipinski definition) is 0. The van der Waals surface area contributed by atoms with Gasteiger partial charge in [0.25, 0.3) is 0 Å². The van der Waals surface area contributed by atoms with Gasteiger partial charge >= 0.3 is 0 Å². The van der Waals surface area contributed by atoms with Crippen LogP contribution in [-0.4, -0.2) is 24.6 Å². The summed E-state index contributed by atoms with van der Waals surface area (Å²) in [7, 11) is 1.75. The highest BCUT2D eigenvalue weighted by molar-refractivity contribution is 5.46. The van der Waals surface area contributed by atoms with E-state index in [-0.39, 0.29) is 5.41 Å². The molecule has 3 aliphatic rings. The zero-order valence-corrected chi connectivity index (χ0v) is 13.5. The van der Waals surface area contributed by atoms with Crippen LogP contribution < -0.4 is 4.74 Å². The number of hydrogen-bond acceptors (Lipinski definition) is 3. The Morgan fingerprint density at radius 1 is 1.36 bits per heavy atom. The fraction of sp³-hybridized carbons (Fsp3) is 0.632. The second-order valence-electron chi connectivity index (χ2n) is 7.49. The lowest BCUT2D eigenvalue weighted by Crippen LogP contribution is -2.60. The number of likely N-dealkylation sites (tertiary alicyclic amines) is 1.